The van der Waals surface area contributed by atoms with Gasteiger partial charge in [0.1, 0.15) is 0 Å². The van der Waals surface area contributed by atoms with Crippen molar-refractivity contribution >= 4 is 5.95 Å². The Balaban J connectivity index is 2.76. The van der Waals surface area contributed by atoms with Crippen LogP contribution < -0.4 is 5.32 Å². The minimum atomic E-state index is 0.728. The van der Waals surface area contributed by atoms with Crippen LogP contribution in [0.1, 0.15) is 31.2 Å². The second-order valence-corrected chi connectivity index (χ2v) is 3.18. The molecule has 1 aromatic heterocycles. The van der Waals surface area contributed by atoms with Gasteiger partial charge in [0.2, 0.25) is 5.95 Å². The summed E-state index contributed by atoms with van der Waals surface area (Å²) < 4.78 is 0. The SMILES string of the molecule is CCCCc1cc(C)nc(NC)n1. The number of unbranched alkanes of at least 4 members (excludes halogenated alkanes) is 1. The van der Waals surface area contributed by atoms with Crippen molar-refractivity contribution < 1.29 is 0 Å². The van der Waals surface area contributed by atoms with Gasteiger partial charge < -0.3 is 5.32 Å². The Labute approximate surface area is 79.6 Å². The average Bonchev–Trinajstić information content (AvgIpc) is 2.14. The maximum atomic E-state index is 4.37. The molecule has 3 nitrogen and oxygen atoms in total. The van der Waals surface area contributed by atoms with E-state index in [-0.39, 0.29) is 0 Å². The molecule has 0 aliphatic rings. The third-order valence-electron chi connectivity index (χ3n) is 1.92. The Hall–Kier alpha value is -1.12. The minimum absolute atomic E-state index is 0.728. The zero-order valence-electron chi connectivity index (χ0n) is 8.59. The largest absolute Gasteiger partial charge is 0.357 e. The van der Waals surface area contributed by atoms with Crippen LogP contribution in [-0.2, 0) is 6.42 Å². The summed E-state index contributed by atoms with van der Waals surface area (Å²) in [5, 5.41) is 2.96. The van der Waals surface area contributed by atoms with Crippen molar-refractivity contribution in [2.75, 3.05) is 12.4 Å². The highest BCUT2D eigenvalue weighted by Crippen LogP contribution is 2.07. The fourth-order valence-corrected chi connectivity index (χ4v) is 1.23. The first-order valence-corrected chi connectivity index (χ1v) is 4.78. The topological polar surface area (TPSA) is 37.8 Å². The van der Waals surface area contributed by atoms with Crippen LogP contribution >= 0.6 is 0 Å². The van der Waals surface area contributed by atoms with E-state index in [1.54, 1.807) is 0 Å². The van der Waals surface area contributed by atoms with Crippen LogP contribution in [-0.4, -0.2) is 17.0 Å². The second-order valence-electron chi connectivity index (χ2n) is 3.18. The first-order valence-electron chi connectivity index (χ1n) is 4.78. The summed E-state index contributed by atoms with van der Waals surface area (Å²) in [5.74, 6) is 0.728. The maximum Gasteiger partial charge on any atom is 0.222 e. The Kier molecular flexibility index (Phi) is 3.68. The van der Waals surface area contributed by atoms with Gasteiger partial charge in [-0.05, 0) is 25.8 Å². The molecular formula is C10H17N3. The molecule has 0 amide bonds. The molecule has 0 radical (unpaired) electrons. The number of nitrogens with zero attached hydrogens (tertiary/aromatic N) is 2. The minimum Gasteiger partial charge on any atom is -0.357 e. The standard InChI is InChI=1S/C10H17N3/c1-4-5-6-9-7-8(2)12-10(11-3)13-9/h7H,4-6H2,1-3H3,(H,11,12,13). The summed E-state index contributed by atoms with van der Waals surface area (Å²) in [4.78, 5) is 8.61. The summed E-state index contributed by atoms with van der Waals surface area (Å²) in [6, 6.07) is 2.05. The van der Waals surface area contributed by atoms with E-state index in [1.165, 1.54) is 12.8 Å². The van der Waals surface area contributed by atoms with Crippen LogP contribution in [0.2, 0.25) is 0 Å². The van der Waals surface area contributed by atoms with Gasteiger partial charge in [-0.1, -0.05) is 13.3 Å². The van der Waals surface area contributed by atoms with Crippen LogP contribution in [0.5, 0.6) is 0 Å². The zero-order valence-corrected chi connectivity index (χ0v) is 8.59. The summed E-state index contributed by atoms with van der Waals surface area (Å²) in [6.45, 7) is 4.19. The van der Waals surface area contributed by atoms with Crippen LogP contribution in [0.3, 0.4) is 0 Å². The van der Waals surface area contributed by atoms with Crippen molar-refractivity contribution in [2.45, 2.75) is 33.1 Å². The molecule has 0 aliphatic carbocycles. The van der Waals surface area contributed by atoms with E-state index in [2.05, 4.69) is 28.3 Å². The average molecular weight is 179 g/mol. The molecule has 3 heteroatoms. The molecule has 0 saturated carbocycles. The molecule has 0 aliphatic heterocycles. The van der Waals surface area contributed by atoms with Crippen LogP contribution in [0, 0.1) is 6.92 Å². The highest BCUT2D eigenvalue weighted by molar-refractivity contribution is 5.26. The quantitative estimate of drug-likeness (QED) is 0.769. The lowest BCUT2D eigenvalue weighted by Gasteiger charge is -2.04. The van der Waals surface area contributed by atoms with Crippen LogP contribution in [0.25, 0.3) is 0 Å². The predicted octanol–water partition coefficient (Wildman–Crippen LogP) is 2.17. The lowest BCUT2D eigenvalue weighted by molar-refractivity contribution is 0.772. The molecule has 1 N–H and O–H groups in total. The monoisotopic (exact) mass is 179 g/mol. The fourth-order valence-electron chi connectivity index (χ4n) is 1.23. The van der Waals surface area contributed by atoms with Crippen LogP contribution in [0.15, 0.2) is 6.07 Å². The third-order valence-corrected chi connectivity index (χ3v) is 1.92. The molecule has 0 atom stereocenters. The van der Waals surface area contributed by atoms with E-state index in [0.717, 1.165) is 23.8 Å². The van der Waals surface area contributed by atoms with Gasteiger partial charge >= 0.3 is 0 Å². The number of aryl methyl sites for hydroxylation is 2. The van der Waals surface area contributed by atoms with Gasteiger partial charge in [-0.2, -0.15) is 0 Å². The maximum absolute atomic E-state index is 4.37. The molecule has 13 heavy (non-hydrogen) atoms. The summed E-state index contributed by atoms with van der Waals surface area (Å²) in [5.41, 5.74) is 2.17. The number of anilines is 1. The van der Waals surface area contributed by atoms with Gasteiger partial charge in [-0.15, -0.1) is 0 Å². The molecule has 0 bridgehead atoms. The normalized spacial score (nSPS) is 10.1. The van der Waals surface area contributed by atoms with Crippen molar-refractivity contribution in [1.82, 2.24) is 9.97 Å². The summed E-state index contributed by atoms with van der Waals surface area (Å²) in [6.07, 6.45) is 3.45. The lowest BCUT2D eigenvalue weighted by Crippen LogP contribution is -2.01. The first-order chi connectivity index (χ1) is 6.26. The van der Waals surface area contributed by atoms with E-state index in [0.29, 0.717) is 0 Å². The van der Waals surface area contributed by atoms with Gasteiger partial charge in [0.05, 0.1) is 0 Å². The van der Waals surface area contributed by atoms with Gasteiger partial charge in [-0.25, -0.2) is 9.97 Å². The number of hydrogen-bond acceptors (Lipinski definition) is 3. The number of hydrogen-bond donors (Lipinski definition) is 1. The Morgan fingerprint density at radius 3 is 2.77 bits per heavy atom. The highest BCUT2D eigenvalue weighted by Gasteiger charge is 1.99. The van der Waals surface area contributed by atoms with Gasteiger partial charge in [0, 0.05) is 18.4 Å². The molecule has 1 heterocycles. The van der Waals surface area contributed by atoms with Gasteiger partial charge in [0.15, 0.2) is 0 Å². The Bertz CT molecular complexity index is 271. The Morgan fingerprint density at radius 1 is 1.38 bits per heavy atom. The van der Waals surface area contributed by atoms with Crippen molar-refractivity contribution in [3.8, 4) is 0 Å². The third kappa shape index (κ3) is 3.01. The van der Waals surface area contributed by atoms with E-state index in [1.807, 2.05) is 14.0 Å². The molecule has 1 rings (SSSR count). The van der Waals surface area contributed by atoms with Crippen molar-refractivity contribution in [3.05, 3.63) is 17.5 Å². The van der Waals surface area contributed by atoms with Crippen molar-refractivity contribution in [3.63, 3.8) is 0 Å². The highest BCUT2D eigenvalue weighted by atomic mass is 15.1. The van der Waals surface area contributed by atoms with E-state index in [4.69, 9.17) is 0 Å². The van der Waals surface area contributed by atoms with E-state index in [9.17, 15) is 0 Å². The molecular weight excluding hydrogens is 162 g/mol. The van der Waals surface area contributed by atoms with Crippen LogP contribution in [0.4, 0.5) is 5.95 Å². The Morgan fingerprint density at radius 2 is 2.15 bits per heavy atom. The number of nitrogens with one attached hydrogen (secondary N) is 1. The van der Waals surface area contributed by atoms with E-state index >= 15 is 0 Å². The molecule has 0 spiro atoms. The molecule has 0 saturated heterocycles. The van der Waals surface area contributed by atoms with Crippen molar-refractivity contribution in [1.29, 1.82) is 0 Å². The van der Waals surface area contributed by atoms with Crippen molar-refractivity contribution in [2.24, 2.45) is 0 Å². The number of rotatable bonds is 4. The molecule has 1 aromatic rings. The van der Waals surface area contributed by atoms with Gasteiger partial charge in [-0.3, -0.25) is 0 Å². The summed E-state index contributed by atoms with van der Waals surface area (Å²) in [7, 11) is 1.85. The number of aromatic nitrogens is 2. The first kappa shape index (κ1) is 9.96. The summed E-state index contributed by atoms with van der Waals surface area (Å²) >= 11 is 0. The predicted molar refractivity (Wildman–Crippen MR) is 54.9 cm³/mol. The molecule has 72 valence electrons. The van der Waals surface area contributed by atoms with E-state index < -0.39 is 0 Å². The fraction of sp³-hybridized carbons (Fsp3) is 0.600. The van der Waals surface area contributed by atoms with Gasteiger partial charge in [0.25, 0.3) is 0 Å². The molecule has 0 fully saturated rings. The molecule has 0 unspecified atom stereocenters. The zero-order chi connectivity index (χ0) is 9.68. The smallest absolute Gasteiger partial charge is 0.222 e. The lowest BCUT2D eigenvalue weighted by atomic mass is 10.2. The molecule has 0 aromatic carbocycles. The second kappa shape index (κ2) is 4.80.